The molecule has 35 heavy (non-hydrogen) atoms. The van der Waals surface area contributed by atoms with Gasteiger partial charge >= 0.3 is 0 Å². The van der Waals surface area contributed by atoms with Gasteiger partial charge in [0.05, 0.1) is 36.6 Å². The molecule has 1 saturated carbocycles. The van der Waals surface area contributed by atoms with Crippen molar-refractivity contribution in [2.24, 2.45) is 0 Å². The summed E-state index contributed by atoms with van der Waals surface area (Å²) >= 11 is 0. The normalized spacial score (nSPS) is 23.5. The Morgan fingerprint density at radius 3 is 2.46 bits per heavy atom. The van der Waals surface area contributed by atoms with E-state index in [1.807, 2.05) is 36.4 Å². The first-order chi connectivity index (χ1) is 17.1. The third-order valence-corrected chi connectivity index (χ3v) is 7.61. The van der Waals surface area contributed by atoms with Crippen molar-refractivity contribution in [3.63, 3.8) is 0 Å². The molecule has 2 aromatic rings. The second kappa shape index (κ2) is 12.4. The number of likely N-dealkylation sites (tertiary alicyclic amines) is 1. The van der Waals surface area contributed by atoms with E-state index in [1.165, 1.54) is 12.8 Å². The zero-order chi connectivity index (χ0) is 24.5. The lowest BCUT2D eigenvalue weighted by atomic mass is 9.79. The molecule has 1 heterocycles. The second-order valence-corrected chi connectivity index (χ2v) is 10.1. The van der Waals surface area contributed by atoms with Crippen molar-refractivity contribution in [1.82, 2.24) is 4.90 Å². The highest BCUT2D eigenvalue weighted by Gasteiger charge is 2.38. The van der Waals surface area contributed by atoms with Crippen LogP contribution in [0.3, 0.4) is 0 Å². The minimum Gasteiger partial charge on any atom is -0.487 e. The van der Waals surface area contributed by atoms with E-state index in [-0.39, 0.29) is 5.54 Å². The van der Waals surface area contributed by atoms with Crippen LogP contribution in [-0.4, -0.2) is 56.0 Å². The van der Waals surface area contributed by atoms with Crippen LogP contribution < -0.4 is 10.1 Å². The predicted molar refractivity (Wildman–Crippen MR) is 139 cm³/mol. The van der Waals surface area contributed by atoms with Crippen molar-refractivity contribution in [2.75, 3.05) is 38.7 Å². The average molecular weight is 478 g/mol. The van der Waals surface area contributed by atoms with Crippen LogP contribution >= 0.6 is 0 Å². The molecule has 2 fully saturated rings. The molecule has 0 aromatic heterocycles. The van der Waals surface area contributed by atoms with Gasteiger partial charge in [-0.3, -0.25) is 4.90 Å². The summed E-state index contributed by atoms with van der Waals surface area (Å²) in [6.07, 6.45) is 7.16. The summed E-state index contributed by atoms with van der Waals surface area (Å²) < 4.78 is 17.2. The molecule has 2 aromatic carbocycles. The Labute approximate surface area is 210 Å². The fourth-order valence-electron chi connectivity index (χ4n) is 5.35. The molecule has 1 aliphatic carbocycles. The van der Waals surface area contributed by atoms with Crippen LogP contribution in [0.15, 0.2) is 48.5 Å². The Morgan fingerprint density at radius 2 is 1.77 bits per heavy atom. The zero-order valence-corrected chi connectivity index (χ0v) is 21.2. The number of anilines is 1. The molecule has 2 aliphatic rings. The molecule has 0 radical (unpaired) electrons. The van der Waals surface area contributed by atoms with Crippen LogP contribution in [0.1, 0.15) is 56.6 Å². The molecule has 6 nitrogen and oxygen atoms in total. The van der Waals surface area contributed by atoms with Crippen LogP contribution in [0.2, 0.25) is 0 Å². The number of hydrogen-bond acceptors (Lipinski definition) is 6. The summed E-state index contributed by atoms with van der Waals surface area (Å²) in [6.45, 7) is 6.47. The van der Waals surface area contributed by atoms with Crippen molar-refractivity contribution in [1.29, 1.82) is 5.26 Å². The standard InChI is InChI=1S/C29H39N3O3/c1-29(14-10-26(11-15-29)34-19-18-33-2)32-16-12-25(13-17-32)31-27-20-24(21-30)8-9-28(27)35-22-23-6-4-3-5-7-23/h3-9,20,25-26,31H,10-19,22H2,1-2H3/t26-,29-. The molecule has 0 atom stereocenters. The van der Waals surface area contributed by atoms with E-state index in [0.717, 1.165) is 55.8 Å². The lowest BCUT2D eigenvalue weighted by Crippen LogP contribution is -2.53. The number of rotatable bonds is 10. The van der Waals surface area contributed by atoms with Gasteiger partial charge in [-0.2, -0.15) is 5.26 Å². The summed E-state index contributed by atoms with van der Waals surface area (Å²) in [5.74, 6) is 0.800. The molecular formula is C29H39N3O3. The average Bonchev–Trinajstić information content (AvgIpc) is 2.90. The third-order valence-electron chi connectivity index (χ3n) is 7.61. The fourth-order valence-corrected chi connectivity index (χ4v) is 5.35. The number of benzene rings is 2. The van der Waals surface area contributed by atoms with E-state index in [2.05, 4.69) is 35.3 Å². The predicted octanol–water partition coefficient (Wildman–Crippen LogP) is 5.38. The molecule has 6 heteroatoms. The minimum absolute atomic E-state index is 0.261. The van der Waals surface area contributed by atoms with Crippen molar-refractivity contribution in [3.8, 4) is 11.8 Å². The number of hydrogen-bond donors (Lipinski definition) is 1. The first-order valence-corrected chi connectivity index (χ1v) is 12.9. The molecule has 0 bridgehead atoms. The number of piperidine rings is 1. The van der Waals surface area contributed by atoms with Crippen LogP contribution in [0, 0.1) is 11.3 Å². The van der Waals surface area contributed by atoms with Gasteiger partial charge in [-0.1, -0.05) is 30.3 Å². The van der Waals surface area contributed by atoms with Crippen LogP contribution in [0.4, 0.5) is 5.69 Å². The summed E-state index contributed by atoms with van der Waals surface area (Å²) in [6, 6.07) is 18.5. The molecule has 1 N–H and O–H groups in total. The molecule has 1 aliphatic heterocycles. The van der Waals surface area contributed by atoms with Crippen molar-refractivity contribution < 1.29 is 14.2 Å². The maximum Gasteiger partial charge on any atom is 0.142 e. The van der Waals surface area contributed by atoms with E-state index in [4.69, 9.17) is 14.2 Å². The Balaban J connectivity index is 1.30. The highest BCUT2D eigenvalue weighted by atomic mass is 16.5. The van der Waals surface area contributed by atoms with Gasteiger partial charge in [0.1, 0.15) is 12.4 Å². The number of methoxy groups -OCH3 is 1. The van der Waals surface area contributed by atoms with Crippen molar-refractivity contribution in [2.45, 2.75) is 69.7 Å². The highest BCUT2D eigenvalue weighted by molar-refractivity contribution is 5.60. The fraction of sp³-hybridized carbons (Fsp3) is 0.552. The lowest BCUT2D eigenvalue weighted by molar-refractivity contribution is -0.0398. The van der Waals surface area contributed by atoms with Gasteiger partial charge in [-0.05, 0) is 69.2 Å². The number of ether oxygens (including phenoxy) is 3. The molecule has 0 unspecified atom stereocenters. The number of nitrogens with zero attached hydrogens (tertiary/aromatic N) is 2. The molecule has 188 valence electrons. The topological polar surface area (TPSA) is 66.8 Å². The van der Waals surface area contributed by atoms with Crippen LogP contribution in [-0.2, 0) is 16.1 Å². The Kier molecular flexibility index (Phi) is 9.03. The first kappa shape index (κ1) is 25.5. The summed E-state index contributed by atoms with van der Waals surface area (Å²) in [4.78, 5) is 2.69. The van der Waals surface area contributed by atoms with Gasteiger partial charge in [-0.25, -0.2) is 0 Å². The van der Waals surface area contributed by atoms with E-state index in [1.54, 1.807) is 7.11 Å². The molecular weight excluding hydrogens is 438 g/mol. The monoisotopic (exact) mass is 477 g/mol. The molecule has 0 amide bonds. The van der Waals surface area contributed by atoms with Crippen molar-refractivity contribution in [3.05, 3.63) is 59.7 Å². The quantitative estimate of drug-likeness (QED) is 0.464. The molecule has 4 rings (SSSR count). The smallest absolute Gasteiger partial charge is 0.142 e. The lowest BCUT2D eigenvalue weighted by Gasteiger charge is -2.48. The molecule has 0 spiro atoms. The Morgan fingerprint density at radius 1 is 1.03 bits per heavy atom. The largest absolute Gasteiger partial charge is 0.487 e. The van der Waals surface area contributed by atoms with E-state index in [0.29, 0.717) is 37.5 Å². The Hall–Kier alpha value is -2.59. The molecule has 1 saturated heterocycles. The van der Waals surface area contributed by atoms with Gasteiger partial charge in [0.15, 0.2) is 0 Å². The highest BCUT2D eigenvalue weighted by Crippen LogP contribution is 2.37. The minimum atomic E-state index is 0.261. The number of nitriles is 1. The Bertz CT molecular complexity index is 959. The zero-order valence-electron chi connectivity index (χ0n) is 21.2. The van der Waals surface area contributed by atoms with Gasteiger partial charge in [0.25, 0.3) is 0 Å². The summed E-state index contributed by atoms with van der Waals surface area (Å²) in [7, 11) is 1.72. The van der Waals surface area contributed by atoms with E-state index in [9.17, 15) is 5.26 Å². The number of nitrogens with one attached hydrogen (secondary N) is 1. The van der Waals surface area contributed by atoms with Crippen LogP contribution in [0.5, 0.6) is 5.75 Å². The van der Waals surface area contributed by atoms with E-state index >= 15 is 0 Å². The van der Waals surface area contributed by atoms with Gasteiger partial charge in [0, 0.05) is 31.8 Å². The maximum atomic E-state index is 9.41. The van der Waals surface area contributed by atoms with Crippen LogP contribution in [0.25, 0.3) is 0 Å². The van der Waals surface area contributed by atoms with Crippen molar-refractivity contribution >= 4 is 5.69 Å². The second-order valence-electron chi connectivity index (χ2n) is 10.1. The van der Waals surface area contributed by atoms with E-state index < -0.39 is 0 Å². The van der Waals surface area contributed by atoms with Gasteiger partial charge in [0.2, 0.25) is 0 Å². The third kappa shape index (κ3) is 6.98. The maximum absolute atomic E-state index is 9.41. The SMILES string of the molecule is COCCO[C@H]1CC[C@](C)(N2CCC(Nc3cc(C#N)ccc3OCc3ccccc3)CC2)CC1. The van der Waals surface area contributed by atoms with Gasteiger partial charge in [-0.15, -0.1) is 0 Å². The van der Waals surface area contributed by atoms with Gasteiger partial charge < -0.3 is 19.5 Å². The summed E-state index contributed by atoms with van der Waals surface area (Å²) in [5.41, 5.74) is 2.95. The summed E-state index contributed by atoms with van der Waals surface area (Å²) in [5, 5.41) is 13.1. The first-order valence-electron chi connectivity index (χ1n) is 12.9.